The zero-order valence-electron chi connectivity index (χ0n) is 8.85. The van der Waals surface area contributed by atoms with Crippen molar-refractivity contribution in [2.75, 3.05) is 11.4 Å². The molecule has 92 valence electrons. The van der Waals surface area contributed by atoms with Crippen LogP contribution in [0.4, 0.5) is 10.6 Å². The molecule has 1 rings (SSSR count). The molecule has 4 N–H and O–H groups in total. The van der Waals surface area contributed by atoms with Crippen LogP contribution in [0.2, 0.25) is 0 Å². The number of nitrogens with zero attached hydrogens (tertiary/aromatic N) is 3. The van der Waals surface area contributed by atoms with Gasteiger partial charge in [-0.05, 0) is 12.5 Å². The smallest absolute Gasteiger partial charge is 0.413 e. The SMILES string of the molecule is N[C@@H](CCN(C(=O)O)c1ccncn1)C(=O)O. The molecule has 1 aromatic heterocycles. The van der Waals surface area contributed by atoms with Gasteiger partial charge in [-0.3, -0.25) is 9.69 Å². The first-order valence-electron chi connectivity index (χ1n) is 4.77. The third-order valence-corrected chi connectivity index (χ3v) is 2.05. The van der Waals surface area contributed by atoms with E-state index in [0.29, 0.717) is 0 Å². The first-order chi connectivity index (χ1) is 8.02. The Labute approximate surface area is 96.7 Å². The third kappa shape index (κ3) is 3.68. The van der Waals surface area contributed by atoms with E-state index in [-0.39, 0.29) is 18.8 Å². The fraction of sp³-hybridized carbons (Fsp3) is 0.333. The van der Waals surface area contributed by atoms with E-state index in [1.807, 2.05) is 0 Å². The Morgan fingerprint density at radius 1 is 1.47 bits per heavy atom. The largest absolute Gasteiger partial charge is 0.480 e. The lowest BCUT2D eigenvalue weighted by atomic mass is 10.2. The van der Waals surface area contributed by atoms with E-state index in [1.54, 1.807) is 0 Å². The zero-order chi connectivity index (χ0) is 12.8. The van der Waals surface area contributed by atoms with Crippen LogP contribution < -0.4 is 10.6 Å². The summed E-state index contributed by atoms with van der Waals surface area (Å²) in [5, 5.41) is 17.5. The molecule has 0 aliphatic carbocycles. The van der Waals surface area contributed by atoms with Crippen LogP contribution in [0.1, 0.15) is 6.42 Å². The second-order valence-corrected chi connectivity index (χ2v) is 3.24. The lowest BCUT2D eigenvalue weighted by Gasteiger charge is -2.18. The van der Waals surface area contributed by atoms with E-state index in [4.69, 9.17) is 15.9 Å². The lowest BCUT2D eigenvalue weighted by Crippen LogP contribution is -2.38. The number of hydrogen-bond donors (Lipinski definition) is 3. The van der Waals surface area contributed by atoms with E-state index >= 15 is 0 Å². The van der Waals surface area contributed by atoms with Crippen molar-refractivity contribution in [3.8, 4) is 0 Å². The van der Waals surface area contributed by atoms with Crippen LogP contribution in [0.5, 0.6) is 0 Å². The highest BCUT2D eigenvalue weighted by atomic mass is 16.4. The van der Waals surface area contributed by atoms with Gasteiger partial charge in [-0.1, -0.05) is 0 Å². The van der Waals surface area contributed by atoms with Crippen molar-refractivity contribution in [2.24, 2.45) is 5.73 Å². The summed E-state index contributed by atoms with van der Waals surface area (Å²) in [6.07, 6.45) is 1.39. The number of hydrogen-bond acceptors (Lipinski definition) is 5. The summed E-state index contributed by atoms with van der Waals surface area (Å²) in [4.78, 5) is 29.8. The highest BCUT2D eigenvalue weighted by molar-refractivity contribution is 5.84. The Balaban J connectivity index is 2.69. The normalized spacial score (nSPS) is 11.8. The van der Waals surface area contributed by atoms with Gasteiger partial charge in [-0.2, -0.15) is 0 Å². The van der Waals surface area contributed by atoms with E-state index < -0.39 is 18.1 Å². The lowest BCUT2D eigenvalue weighted by molar-refractivity contribution is -0.138. The molecule has 0 fully saturated rings. The van der Waals surface area contributed by atoms with Crippen molar-refractivity contribution >= 4 is 17.9 Å². The van der Waals surface area contributed by atoms with Crippen molar-refractivity contribution in [2.45, 2.75) is 12.5 Å². The number of anilines is 1. The van der Waals surface area contributed by atoms with Gasteiger partial charge in [-0.15, -0.1) is 0 Å². The molecule has 0 unspecified atom stereocenters. The van der Waals surface area contributed by atoms with Crippen LogP contribution >= 0.6 is 0 Å². The fourth-order valence-electron chi connectivity index (χ4n) is 1.14. The average molecular weight is 240 g/mol. The molecular weight excluding hydrogens is 228 g/mol. The highest BCUT2D eigenvalue weighted by Crippen LogP contribution is 2.09. The topological polar surface area (TPSA) is 130 Å². The summed E-state index contributed by atoms with van der Waals surface area (Å²) < 4.78 is 0. The second-order valence-electron chi connectivity index (χ2n) is 3.24. The summed E-state index contributed by atoms with van der Waals surface area (Å²) in [5.41, 5.74) is 5.29. The van der Waals surface area contributed by atoms with Crippen molar-refractivity contribution in [1.82, 2.24) is 9.97 Å². The van der Waals surface area contributed by atoms with Crippen LogP contribution in [0.15, 0.2) is 18.6 Å². The molecule has 1 amide bonds. The molecule has 1 heterocycles. The van der Waals surface area contributed by atoms with E-state index in [9.17, 15) is 9.59 Å². The first kappa shape index (κ1) is 12.8. The Bertz CT molecular complexity index is 397. The van der Waals surface area contributed by atoms with Crippen LogP contribution in [0.25, 0.3) is 0 Å². The predicted octanol–water partition coefficient (Wildman–Crippen LogP) is -0.237. The number of nitrogens with two attached hydrogens (primary N) is 1. The molecule has 17 heavy (non-hydrogen) atoms. The number of rotatable bonds is 5. The predicted molar refractivity (Wildman–Crippen MR) is 57.6 cm³/mol. The second kappa shape index (κ2) is 5.75. The van der Waals surface area contributed by atoms with Crippen LogP contribution in [0, 0.1) is 0 Å². The molecule has 0 saturated heterocycles. The minimum absolute atomic E-state index is 0.00559. The molecule has 8 heteroatoms. The molecule has 0 radical (unpaired) electrons. The molecule has 8 nitrogen and oxygen atoms in total. The minimum atomic E-state index is -1.22. The van der Waals surface area contributed by atoms with Crippen LogP contribution in [-0.4, -0.2) is 44.8 Å². The highest BCUT2D eigenvalue weighted by Gasteiger charge is 2.19. The summed E-state index contributed by atoms with van der Waals surface area (Å²) in [6.45, 7) is -0.0419. The van der Waals surface area contributed by atoms with Crippen molar-refractivity contribution < 1.29 is 19.8 Å². The van der Waals surface area contributed by atoms with Gasteiger partial charge in [0.15, 0.2) is 0 Å². The zero-order valence-corrected chi connectivity index (χ0v) is 8.85. The van der Waals surface area contributed by atoms with Crippen LogP contribution in [-0.2, 0) is 4.79 Å². The maximum absolute atomic E-state index is 11.0. The Morgan fingerprint density at radius 3 is 2.65 bits per heavy atom. The molecular formula is C9H12N4O4. The van der Waals surface area contributed by atoms with Gasteiger partial charge in [-0.25, -0.2) is 14.8 Å². The molecule has 0 bridgehead atoms. The van der Waals surface area contributed by atoms with Gasteiger partial charge in [0.2, 0.25) is 0 Å². The Hall–Kier alpha value is -2.22. The summed E-state index contributed by atoms with van der Waals surface area (Å²) in [5.74, 6) is -0.983. The van der Waals surface area contributed by atoms with Gasteiger partial charge in [0, 0.05) is 12.7 Å². The van der Waals surface area contributed by atoms with E-state index in [0.717, 1.165) is 4.90 Å². The number of aliphatic carboxylic acids is 1. The maximum atomic E-state index is 11.0. The monoisotopic (exact) mass is 240 g/mol. The maximum Gasteiger partial charge on any atom is 0.413 e. The molecule has 1 aromatic rings. The Morgan fingerprint density at radius 2 is 2.18 bits per heavy atom. The molecule has 0 aromatic carbocycles. The Kier molecular flexibility index (Phi) is 4.35. The van der Waals surface area contributed by atoms with Gasteiger partial charge in [0.25, 0.3) is 0 Å². The summed E-state index contributed by atoms with van der Waals surface area (Å²) in [6, 6.07) is 0.319. The van der Waals surface area contributed by atoms with Gasteiger partial charge < -0.3 is 15.9 Å². The molecule has 0 spiro atoms. The number of carbonyl (C=O) groups is 2. The number of aromatic nitrogens is 2. The van der Waals surface area contributed by atoms with Crippen molar-refractivity contribution in [1.29, 1.82) is 0 Å². The van der Waals surface area contributed by atoms with Crippen LogP contribution in [0.3, 0.4) is 0 Å². The van der Waals surface area contributed by atoms with E-state index in [2.05, 4.69) is 9.97 Å². The van der Waals surface area contributed by atoms with Gasteiger partial charge in [0.1, 0.15) is 18.2 Å². The summed E-state index contributed by atoms with van der Waals surface area (Å²) >= 11 is 0. The third-order valence-electron chi connectivity index (χ3n) is 2.05. The molecule has 0 aliphatic rings. The fourth-order valence-corrected chi connectivity index (χ4v) is 1.14. The van der Waals surface area contributed by atoms with Gasteiger partial charge >= 0.3 is 12.1 Å². The van der Waals surface area contributed by atoms with Crippen molar-refractivity contribution in [3.05, 3.63) is 18.6 Å². The first-order valence-corrected chi connectivity index (χ1v) is 4.77. The van der Waals surface area contributed by atoms with Crippen molar-refractivity contribution in [3.63, 3.8) is 0 Å². The quantitative estimate of drug-likeness (QED) is 0.647. The molecule has 0 aliphatic heterocycles. The minimum Gasteiger partial charge on any atom is -0.480 e. The number of amides is 1. The average Bonchev–Trinajstić information content (AvgIpc) is 2.29. The standard InChI is InChI=1S/C9H12N4O4/c10-6(8(14)15)2-4-13(9(16)17)7-1-3-11-5-12-7/h1,3,5-6H,2,4,10H2,(H,14,15)(H,16,17)/t6-/m0/s1. The molecule has 0 saturated carbocycles. The van der Waals surface area contributed by atoms with E-state index in [1.165, 1.54) is 18.6 Å². The molecule has 1 atom stereocenters. The number of carboxylic acid groups (broad SMARTS) is 2. The number of carboxylic acids is 1. The van der Waals surface area contributed by atoms with Gasteiger partial charge in [0.05, 0.1) is 0 Å². The summed E-state index contributed by atoms with van der Waals surface area (Å²) in [7, 11) is 0.